The first kappa shape index (κ1) is 13.3. The Kier molecular flexibility index (Phi) is 3.79. The van der Waals surface area contributed by atoms with Crippen molar-refractivity contribution in [2.24, 2.45) is 0 Å². The van der Waals surface area contributed by atoms with Gasteiger partial charge in [-0.2, -0.15) is 0 Å². The Morgan fingerprint density at radius 3 is 3.25 bits per heavy atom. The predicted octanol–water partition coefficient (Wildman–Crippen LogP) is 1.94. The van der Waals surface area contributed by atoms with E-state index < -0.39 is 0 Å². The Labute approximate surface area is 120 Å². The summed E-state index contributed by atoms with van der Waals surface area (Å²) in [6.07, 6.45) is 1.80. The van der Waals surface area contributed by atoms with Crippen molar-refractivity contribution in [2.45, 2.75) is 25.4 Å². The van der Waals surface area contributed by atoms with Gasteiger partial charge in [-0.05, 0) is 30.8 Å². The van der Waals surface area contributed by atoms with Crippen molar-refractivity contribution >= 4 is 17.3 Å². The van der Waals surface area contributed by atoms with Gasteiger partial charge in [0.2, 0.25) is 5.89 Å². The minimum absolute atomic E-state index is 0.194. The molecule has 3 heterocycles. The molecule has 0 amide bonds. The van der Waals surface area contributed by atoms with Crippen molar-refractivity contribution in [3.8, 4) is 10.8 Å². The van der Waals surface area contributed by atoms with Gasteiger partial charge in [0, 0.05) is 0 Å². The maximum Gasteiger partial charge on any atom is 0.323 e. The summed E-state index contributed by atoms with van der Waals surface area (Å²) in [7, 11) is 1.42. The molecule has 2 aromatic rings. The van der Waals surface area contributed by atoms with Gasteiger partial charge in [-0.15, -0.1) is 21.5 Å². The number of thiophene rings is 1. The molecule has 0 radical (unpaired) electrons. The number of nitrogens with zero attached hydrogens (tertiary/aromatic N) is 3. The van der Waals surface area contributed by atoms with Gasteiger partial charge in [0.05, 0.1) is 18.5 Å². The zero-order valence-electron chi connectivity index (χ0n) is 11.1. The first-order valence-corrected chi connectivity index (χ1v) is 7.34. The summed E-state index contributed by atoms with van der Waals surface area (Å²) in [5.74, 6) is 0.869. The number of esters is 1. The number of rotatable bonds is 4. The average Bonchev–Trinajstić information content (AvgIpc) is 3.19. The van der Waals surface area contributed by atoms with E-state index in [0.717, 1.165) is 24.3 Å². The third-order valence-electron chi connectivity index (χ3n) is 3.37. The van der Waals surface area contributed by atoms with Gasteiger partial charge in [-0.1, -0.05) is 6.07 Å². The largest absolute Gasteiger partial charge is 0.468 e. The highest BCUT2D eigenvalue weighted by Crippen LogP contribution is 2.25. The minimum Gasteiger partial charge on any atom is -0.468 e. The SMILES string of the molecule is COC(=O)C1CCCN1Cc1nnc(-c2cccs2)o1. The molecule has 106 valence electrons. The maximum absolute atomic E-state index is 11.7. The number of hydrogen-bond donors (Lipinski definition) is 0. The predicted molar refractivity (Wildman–Crippen MR) is 73.1 cm³/mol. The van der Waals surface area contributed by atoms with E-state index in [1.165, 1.54) is 7.11 Å². The summed E-state index contributed by atoms with van der Waals surface area (Å²) in [6, 6.07) is 3.68. The van der Waals surface area contributed by atoms with Crippen molar-refractivity contribution in [3.63, 3.8) is 0 Å². The molecule has 1 atom stereocenters. The lowest BCUT2D eigenvalue weighted by Crippen LogP contribution is -2.36. The quantitative estimate of drug-likeness (QED) is 0.802. The number of carbonyl (C=O) groups excluding carboxylic acids is 1. The van der Waals surface area contributed by atoms with Crippen molar-refractivity contribution in [3.05, 3.63) is 23.4 Å². The van der Waals surface area contributed by atoms with Crippen LogP contribution in [0.2, 0.25) is 0 Å². The molecule has 6 nitrogen and oxygen atoms in total. The van der Waals surface area contributed by atoms with Crippen LogP contribution in [-0.4, -0.2) is 40.8 Å². The molecule has 0 bridgehead atoms. The van der Waals surface area contributed by atoms with Gasteiger partial charge >= 0.3 is 5.97 Å². The van der Waals surface area contributed by atoms with Crippen LogP contribution >= 0.6 is 11.3 Å². The van der Waals surface area contributed by atoms with Crippen molar-refractivity contribution in [2.75, 3.05) is 13.7 Å². The van der Waals surface area contributed by atoms with E-state index in [-0.39, 0.29) is 12.0 Å². The van der Waals surface area contributed by atoms with Crippen LogP contribution in [0.25, 0.3) is 10.8 Å². The van der Waals surface area contributed by atoms with E-state index in [4.69, 9.17) is 9.15 Å². The van der Waals surface area contributed by atoms with Gasteiger partial charge in [-0.3, -0.25) is 9.69 Å². The van der Waals surface area contributed by atoms with Crippen LogP contribution in [-0.2, 0) is 16.1 Å². The molecular formula is C13H15N3O3S. The van der Waals surface area contributed by atoms with Crippen molar-refractivity contribution in [1.82, 2.24) is 15.1 Å². The molecule has 0 aromatic carbocycles. The van der Waals surface area contributed by atoms with Crippen LogP contribution in [0.5, 0.6) is 0 Å². The Balaban J connectivity index is 1.70. The fraction of sp³-hybridized carbons (Fsp3) is 0.462. The van der Waals surface area contributed by atoms with E-state index in [9.17, 15) is 4.79 Å². The Morgan fingerprint density at radius 1 is 1.60 bits per heavy atom. The third kappa shape index (κ3) is 2.59. The molecule has 7 heteroatoms. The fourth-order valence-corrected chi connectivity index (χ4v) is 3.05. The van der Waals surface area contributed by atoms with E-state index in [1.54, 1.807) is 11.3 Å². The molecule has 1 saturated heterocycles. The highest BCUT2D eigenvalue weighted by molar-refractivity contribution is 7.13. The molecule has 3 rings (SSSR count). The van der Waals surface area contributed by atoms with E-state index in [1.807, 2.05) is 22.4 Å². The molecule has 2 aromatic heterocycles. The lowest BCUT2D eigenvalue weighted by atomic mass is 10.2. The number of likely N-dealkylation sites (tertiary alicyclic amines) is 1. The van der Waals surface area contributed by atoms with Crippen LogP contribution in [0.4, 0.5) is 0 Å². The van der Waals surface area contributed by atoms with Crippen LogP contribution in [0.3, 0.4) is 0 Å². The Morgan fingerprint density at radius 2 is 2.50 bits per heavy atom. The summed E-state index contributed by atoms with van der Waals surface area (Å²) in [5.41, 5.74) is 0. The van der Waals surface area contributed by atoms with E-state index in [2.05, 4.69) is 10.2 Å². The second kappa shape index (κ2) is 5.72. The van der Waals surface area contributed by atoms with Crippen molar-refractivity contribution in [1.29, 1.82) is 0 Å². The highest BCUT2D eigenvalue weighted by atomic mass is 32.1. The molecule has 1 aliphatic heterocycles. The molecule has 0 aliphatic carbocycles. The van der Waals surface area contributed by atoms with Crippen LogP contribution in [0.15, 0.2) is 21.9 Å². The summed E-state index contributed by atoms with van der Waals surface area (Å²) in [4.78, 5) is 14.7. The zero-order valence-corrected chi connectivity index (χ0v) is 11.9. The monoisotopic (exact) mass is 293 g/mol. The Hall–Kier alpha value is -1.73. The smallest absolute Gasteiger partial charge is 0.323 e. The maximum atomic E-state index is 11.7. The Bertz CT molecular complexity index is 581. The van der Waals surface area contributed by atoms with Crippen molar-refractivity contribution < 1.29 is 13.9 Å². The highest BCUT2D eigenvalue weighted by Gasteiger charge is 2.32. The lowest BCUT2D eigenvalue weighted by Gasteiger charge is -2.20. The summed E-state index contributed by atoms with van der Waals surface area (Å²) in [5, 5.41) is 10.1. The molecule has 20 heavy (non-hydrogen) atoms. The standard InChI is InChI=1S/C13H15N3O3S/c1-18-13(17)9-4-2-6-16(9)8-11-14-15-12(19-11)10-5-3-7-20-10/h3,5,7,9H,2,4,6,8H2,1H3. The molecule has 0 spiro atoms. The molecule has 1 unspecified atom stereocenters. The van der Waals surface area contributed by atoms with Crippen LogP contribution < -0.4 is 0 Å². The number of aromatic nitrogens is 2. The number of ether oxygens (including phenoxy) is 1. The lowest BCUT2D eigenvalue weighted by molar-refractivity contribution is -0.146. The zero-order chi connectivity index (χ0) is 13.9. The minimum atomic E-state index is -0.197. The van der Waals surface area contributed by atoms with Gasteiger partial charge in [0.1, 0.15) is 6.04 Å². The summed E-state index contributed by atoms with van der Waals surface area (Å²) < 4.78 is 10.5. The van der Waals surface area contributed by atoms with E-state index >= 15 is 0 Å². The van der Waals surface area contributed by atoms with Crippen LogP contribution in [0.1, 0.15) is 18.7 Å². The number of methoxy groups -OCH3 is 1. The van der Waals surface area contributed by atoms with Crippen LogP contribution in [0, 0.1) is 0 Å². The first-order valence-electron chi connectivity index (χ1n) is 6.46. The molecule has 0 saturated carbocycles. The summed E-state index contributed by atoms with van der Waals surface area (Å²) in [6.45, 7) is 1.33. The van der Waals surface area contributed by atoms with Gasteiger partial charge in [0.25, 0.3) is 5.89 Å². The van der Waals surface area contributed by atoms with E-state index in [0.29, 0.717) is 18.3 Å². The third-order valence-corrected chi connectivity index (χ3v) is 4.23. The first-order chi connectivity index (χ1) is 9.78. The number of carbonyl (C=O) groups is 1. The average molecular weight is 293 g/mol. The fourth-order valence-electron chi connectivity index (χ4n) is 2.41. The molecule has 0 N–H and O–H groups in total. The normalized spacial score (nSPS) is 19.4. The topological polar surface area (TPSA) is 68.5 Å². The molecule has 1 aliphatic rings. The molecular weight excluding hydrogens is 278 g/mol. The second-order valence-corrected chi connectivity index (χ2v) is 5.58. The molecule has 1 fully saturated rings. The van der Waals surface area contributed by atoms with Gasteiger partial charge in [-0.25, -0.2) is 0 Å². The second-order valence-electron chi connectivity index (χ2n) is 4.63. The van der Waals surface area contributed by atoms with Gasteiger partial charge < -0.3 is 9.15 Å². The number of hydrogen-bond acceptors (Lipinski definition) is 7. The summed E-state index contributed by atoms with van der Waals surface area (Å²) >= 11 is 1.56. The van der Waals surface area contributed by atoms with Gasteiger partial charge in [0.15, 0.2) is 0 Å².